The van der Waals surface area contributed by atoms with E-state index in [2.05, 4.69) is 15.2 Å². The molecule has 3 rings (SSSR count). The molecule has 0 radical (unpaired) electrons. The minimum atomic E-state index is -0.126. The highest BCUT2D eigenvalue weighted by Crippen LogP contribution is 2.30. The van der Waals surface area contributed by atoms with Gasteiger partial charge in [0.15, 0.2) is 5.13 Å². The quantitative estimate of drug-likeness (QED) is 0.877. The van der Waals surface area contributed by atoms with Crippen LogP contribution in [0.3, 0.4) is 0 Å². The molecule has 3 N–H and O–H groups in total. The number of hydrogen-bond donors (Lipinski definition) is 2. The molecule has 0 bridgehead atoms. The van der Waals surface area contributed by atoms with Crippen LogP contribution >= 0.6 is 11.3 Å². The third kappa shape index (κ3) is 2.88. The average Bonchev–Trinajstić information content (AvgIpc) is 3.09. The summed E-state index contributed by atoms with van der Waals surface area (Å²) in [5, 5.41) is 3.83. The van der Waals surface area contributed by atoms with Gasteiger partial charge in [-0.05, 0) is 25.7 Å². The SMILES string of the molecule is Nc1nc(N2CCCCC2)sc1C(=O)NC1CCOC1. The molecule has 2 aliphatic rings. The Morgan fingerprint density at radius 1 is 1.40 bits per heavy atom. The molecule has 3 heterocycles. The Morgan fingerprint density at radius 3 is 2.90 bits per heavy atom. The largest absolute Gasteiger partial charge is 0.382 e. The van der Waals surface area contributed by atoms with Gasteiger partial charge in [0.1, 0.15) is 10.7 Å². The number of rotatable bonds is 3. The zero-order chi connectivity index (χ0) is 13.9. The number of carbonyl (C=O) groups excluding carboxylic acids is 1. The van der Waals surface area contributed by atoms with Gasteiger partial charge in [0.05, 0.1) is 12.6 Å². The van der Waals surface area contributed by atoms with Crippen molar-refractivity contribution in [1.82, 2.24) is 10.3 Å². The second-order valence-electron chi connectivity index (χ2n) is 5.29. The maximum absolute atomic E-state index is 12.2. The number of nitrogens with zero attached hydrogens (tertiary/aromatic N) is 2. The lowest BCUT2D eigenvalue weighted by Gasteiger charge is -2.25. The van der Waals surface area contributed by atoms with Crippen molar-refractivity contribution in [3.8, 4) is 0 Å². The molecule has 2 saturated heterocycles. The van der Waals surface area contributed by atoms with E-state index in [1.54, 1.807) is 0 Å². The molecular weight excluding hydrogens is 276 g/mol. The van der Waals surface area contributed by atoms with Crippen molar-refractivity contribution in [3.63, 3.8) is 0 Å². The number of thiazole rings is 1. The fraction of sp³-hybridized carbons (Fsp3) is 0.692. The van der Waals surface area contributed by atoms with Crippen molar-refractivity contribution in [2.75, 3.05) is 36.9 Å². The van der Waals surface area contributed by atoms with E-state index >= 15 is 0 Å². The number of nitrogens with two attached hydrogens (primary N) is 1. The summed E-state index contributed by atoms with van der Waals surface area (Å²) >= 11 is 1.39. The fourth-order valence-corrected chi connectivity index (χ4v) is 3.54. The number of ether oxygens (including phenoxy) is 1. The van der Waals surface area contributed by atoms with Gasteiger partial charge < -0.3 is 20.7 Å². The van der Waals surface area contributed by atoms with E-state index in [1.165, 1.54) is 30.6 Å². The zero-order valence-electron chi connectivity index (χ0n) is 11.4. The second-order valence-corrected chi connectivity index (χ2v) is 6.27. The van der Waals surface area contributed by atoms with Gasteiger partial charge in [0.2, 0.25) is 0 Å². The highest BCUT2D eigenvalue weighted by atomic mass is 32.1. The molecule has 0 aliphatic carbocycles. The number of carbonyl (C=O) groups is 1. The molecule has 1 amide bonds. The summed E-state index contributed by atoms with van der Waals surface area (Å²) in [5.74, 6) is 0.214. The average molecular weight is 296 g/mol. The standard InChI is InChI=1S/C13H20N4O2S/c14-11-10(12(18)15-9-4-7-19-8-9)20-13(16-11)17-5-2-1-3-6-17/h9H,1-8,14H2,(H,15,18). The number of nitrogens with one attached hydrogen (secondary N) is 1. The molecule has 2 fully saturated rings. The maximum atomic E-state index is 12.2. The summed E-state index contributed by atoms with van der Waals surface area (Å²) in [7, 11) is 0. The number of nitrogen functional groups attached to an aromatic ring is 1. The van der Waals surface area contributed by atoms with Crippen LogP contribution in [0.25, 0.3) is 0 Å². The Balaban J connectivity index is 1.69. The maximum Gasteiger partial charge on any atom is 0.265 e. The number of hydrogen-bond acceptors (Lipinski definition) is 6. The van der Waals surface area contributed by atoms with E-state index < -0.39 is 0 Å². The molecule has 1 aromatic heterocycles. The molecule has 20 heavy (non-hydrogen) atoms. The normalized spacial score (nSPS) is 23.0. The van der Waals surface area contributed by atoms with Crippen molar-refractivity contribution < 1.29 is 9.53 Å². The Kier molecular flexibility index (Phi) is 4.07. The Bertz CT molecular complexity index is 479. The predicted octanol–water partition coefficient (Wildman–Crippen LogP) is 1.23. The summed E-state index contributed by atoms with van der Waals surface area (Å²) in [6, 6.07) is 0.0995. The molecule has 1 aromatic rings. The summed E-state index contributed by atoms with van der Waals surface area (Å²) in [6.45, 7) is 3.31. The van der Waals surface area contributed by atoms with Gasteiger partial charge in [-0.1, -0.05) is 11.3 Å². The topological polar surface area (TPSA) is 80.5 Å². The van der Waals surface area contributed by atoms with Gasteiger partial charge in [-0.25, -0.2) is 4.98 Å². The summed E-state index contributed by atoms with van der Waals surface area (Å²) in [6.07, 6.45) is 4.50. The van der Waals surface area contributed by atoms with Crippen LogP contribution in [0.5, 0.6) is 0 Å². The van der Waals surface area contributed by atoms with E-state index in [1.807, 2.05) is 0 Å². The highest BCUT2D eigenvalue weighted by Gasteiger charge is 2.24. The van der Waals surface area contributed by atoms with Crippen molar-refractivity contribution in [1.29, 1.82) is 0 Å². The van der Waals surface area contributed by atoms with Gasteiger partial charge in [0, 0.05) is 19.7 Å². The van der Waals surface area contributed by atoms with Crippen LogP contribution in [0, 0.1) is 0 Å². The molecular formula is C13H20N4O2S. The number of aromatic nitrogens is 1. The van der Waals surface area contributed by atoms with Crippen LogP contribution < -0.4 is 16.0 Å². The monoisotopic (exact) mass is 296 g/mol. The van der Waals surface area contributed by atoms with Gasteiger partial charge >= 0.3 is 0 Å². The van der Waals surface area contributed by atoms with E-state index in [0.29, 0.717) is 23.9 Å². The van der Waals surface area contributed by atoms with Gasteiger partial charge in [-0.3, -0.25) is 4.79 Å². The summed E-state index contributed by atoms with van der Waals surface area (Å²) in [5.41, 5.74) is 5.90. The third-order valence-electron chi connectivity index (χ3n) is 3.74. The van der Waals surface area contributed by atoms with Crippen LogP contribution in [-0.2, 0) is 4.74 Å². The first kappa shape index (κ1) is 13.6. The van der Waals surface area contributed by atoms with Crippen LogP contribution in [0.15, 0.2) is 0 Å². The molecule has 1 atom stereocenters. The molecule has 2 aliphatic heterocycles. The minimum Gasteiger partial charge on any atom is -0.382 e. The molecule has 0 saturated carbocycles. The zero-order valence-corrected chi connectivity index (χ0v) is 12.2. The lowest BCUT2D eigenvalue weighted by Crippen LogP contribution is -2.34. The van der Waals surface area contributed by atoms with E-state index in [0.717, 1.165) is 24.6 Å². The Morgan fingerprint density at radius 2 is 2.20 bits per heavy atom. The van der Waals surface area contributed by atoms with Crippen molar-refractivity contribution in [2.45, 2.75) is 31.7 Å². The van der Waals surface area contributed by atoms with Crippen LogP contribution in [-0.4, -0.2) is 43.2 Å². The lowest BCUT2D eigenvalue weighted by atomic mass is 10.1. The molecule has 0 spiro atoms. The first-order chi connectivity index (χ1) is 9.74. The smallest absolute Gasteiger partial charge is 0.265 e. The molecule has 110 valence electrons. The fourth-order valence-electron chi connectivity index (χ4n) is 2.60. The van der Waals surface area contributed by atoms with Crippen LogP contribution in [0.4, 0.5) is 10.9 Å². The second kappa shape index (κ2) is 5.97. The van der Waals surface area contributed by atoms with Gasteiger partial charge in [0.25, 0.3) is 5.91 Å². The summed E-state index contributed by atoms with van der Waals surface area (Å²) in [4.78, 5) is 19.3. The first-order valence-corrected chi connectivity index (χ1v) is 7.95. The Hall–Kier alpha value is -1.34. The minimum absolute atomic E-state index is 0.0995. The Labute approximate surface area is 122 Å². The van der Waals surface area contributed by atoms with Crippen molar-refractivity contribution >= 4 is 28.2 Å². The van der Waals surface area contributed by atoms with Gasteiger partial charge in [-0.2, -0.15) is 0 Å². The lowest BCUT2D eigenvalue weighted by molar-refractivity contribution is 0.0934. The van der Waals surface area contributed by atoms with Crippen molar-refractivity contribution in [3.05, 3.63) is 4.88 Å². The van der Waals surface area contributed by atoms with Gasteiger partial charge in [-0.15, -0.1) is 0 Å². The third-order valence-corrected chi connectivity index (χ3v) is 4.87. The highest BCUT2D eigenvalue weighted by molar-refractivity contribution is 7.18. The van der Waals surface area contributed by atoms with E-state index in [9.17, 15) is 4.79 Å². The number of piperidine rings is 1. The van der Waals surface area contributed by atoms with E-state index in [4.69, 9.17) is 10.5 Å². The summed E-state index contributed by atoms with van der Waals surface area (Å²) < 4.78 is 5.26. The number of anilines is 2. The molecule has 0 aromatic carbocycles. The van der Waals surface area contributed by atoms with Crippen LogP contribution in [0.2, 0.25) is 0 Å². The predicted molar refractivity (Wildman–Crippen MR) is 79.3 cm³/mol. The molecule has 6 nitrogen and oxygen atoms in total. The number of amides is 1. The van der Waals surface area contributed by atoms with Crippen molar-refractivity contribution in [2.24, 2.45) is 0 Å². The first-order valence-electron chi connectivity index (χ1n) is 7.14. The molecule has 7 heteroatoms. The van der Waals surface area contributed by atoms with Crippen LogP contribution in [0.1, 0.15) is 35.4 Å². The van der Waals surface area contributed by atoms with E-state index in [-0.39, 0.29) is 11.9 Å². The molecule has 1 unspecified atom stereocenters.